The van der Waals surface area contributed by atoms with Crippen molar-refractivity contribution >= 4 is 16.9 Å². The third kappa shape index (κ3) is 3.60. The lowest BCUT2D eigenvalue weighted by Crippen LogP contribution is -2.35. The Morgan fingerprint density at radius 3 is 2.82 bits per heavy atom. The molecule has 0 aliphatic carbocycles. The van der Waals surface area contributed by atoms with Gasteiger partial charge in [0, 0.05) is 17.8 Å². The van der Waals surface area contributed by atoms with E-state index in [9.17, 15) is 4.79 Å². The number of rotatable bonds is 7. The lowest BCUT2D eigenvalue weighted by molar-refractivity contribution is -0.125. The Morgan fingerprint density at radius 1 is 1.36 bits per heavy atom. The maximum atomic E-state index is 12.1. The molecule has 2 atom stereocenters. The molecule has 0 spiro atoms. The van der Waals surface area contributed by atoms with Gasteiger partial charge < -0.3 is 19.8 Å². The number of hydrogen-bond donors (Lipinski definition) is 2. The van der Waals surface area contributed by atoms with E-state index >= 15 is 0 Å². The van der Waals surface area contributed by atoms with E-state index in [0.717, 1.165) is 22.5 Å². The molecule has 1 amide bonds. The number of para-hydroxylation sites is 1. The van der Waals surface area contributed by atoms with Crippen molar-refractivity contribution in [2.45, 2.75) is 26.8 Å². The zero-order chi connectivity index (χ0) is 16.1. The van der Waals surface area contributed by atoms with Gasteiger partial charge in [0.15, 0.2) is 11.3 Å². The first-order valence-corrected chi connectivity index (χ1v) is 7.67. The fourth-order valence-corrected chi connectivity index (χ4v) is 2.36. The summed E-state index contributed by atoms with van der Waals surface area (Å²) in [6, 6.07) is 7.56. The van der Waals surface area contributed by atoms with E-state index in [-0.39, 0.29) is 17.9 Å². The van der Waals surface area contributed by atoms with E-state index in [2.05, 4.69) is 10.6 Å². The zero-order valence-corrected chi connectivity index (χ0v) is 13.6. The summed E-state index contributed by atoms with van der Waals surface area (Å²) >= 11 is 0. The van der Waals surface area contributed by atoms with E-state index < -0.39 is 0 Å². The third-order valence-corrected chi connectivity index (χ3v) is 3.57. The first kappa shape index (κ1) is 16.4. The topological polar surface area (TPSA) is 63.5 Å². The third-order valence-electron chi connectivity index (χ3n) is 3.57. The summed E-state index contributed by atoms with van der Waals surface area (Å²) in [4.78, 5) is 12.1. The highest BCUT2D eigenvalue weighted by molar-refractivity contribution is 5.84. The number of carbonyl (C=O) groups excluding carboxylic acids is 1. The molecule has 0 aliphatic rings. The Bertz CT molecular complexity index is 636. The molecule has 2 aromatic rings. The van der Waals surface area contributed by atoms with Gasteiger partial charge in [0.2, 0.25) is 5.91 Å². The van der Waals surface area contributed by atoms with Crippen LogP contribution in [0.4, 0.5) is 0 Å². The van der Waals surface area contributed by atoms with Gasteiger partial charge in [-0.3, -0.25) is 4.79 Å². The largest absolute Gasteiger partial charge is 0.490 e. The second-order valence-corrected chi connectivity index (χ2v) is 5.45. The molecule has 1 aromatic heterocycles. The first-order chi connectivity index (χ1) is 10.6. The van der Waals surface area contributed by atoms with Crippen LogP contribution in [0.5, 0.6) is 5.75 Å². The van der Waals surface area contributed by atoms with Crippen LogP contribution in [0.2, 0.25) is 0 Å². The summed E-state index contributed by atoms with van der Waals surface area (Å²) in [6.07, 6.45) is 0. The first-order valence-electron chi connectivity index (χ1n) is 7.67. The molecule has 0 bridgehead atoms. The molecule has 0 fully saturated rings. The van der Waals surface area contributed by atoms with Crippen LogP contribution in [0, 0.1) is 5.92 Å². The van der Waals surface area contributed by atoms with E-state index in [1.165, 1.54) is 0 Å². The maximum absolute atomic E-state index is 12.1. The smallest absolute Gasteiger partial charge is 0.224 e. The highest BCUT2D eigenvalue weighted by Gasteiger charge is 2.19. The van der Waals surface area contributed by atoms with Crippen molar-refractivity contribution in [1.29, 1.82) is 0 Å². The zero-order valence-electron chi connectivity index (χ0n) is 13.6. The molecule has 0 radical (unpaired) electrons. The number of benzene rings is 1. The normalized spacial score (nSPS) is 13.8. The van der Waals surface area contributed by atoms with E-state index in [1.54, 1.807) is 0 Å². The number of nitrogens with one attached hydrogen (secondary N) is 2. The molecule has 2 N–H and O–H groups in total. The predicted molar refractivity (Wildman–Crippen MR) is 87.0 cm³/mol. The standard InChI is InChI=1S/C17H24N2O3/c1-5-21-14-8-6-7-13-9-15(22-16(13)14)12(3)19-17(20)11(2)10-18-4/h6-9,11-12,18H,5,10H2,1-4H3,(H,19,20). The average Bonchev–Trinajstić information content (AvgIpc) is 2.93. The van der Waals surface area contributed by atoms with Crippen LogP contribution in [0.25, 0.3) is 11.0 Å². The Hall–Kier alpha value is -2.01. The second kappa shape index (κ2) is 7.31. The summed E-state index contributed by atoms with van der Waals surface area (Å²) < 4.78 is 11.5. The molecule has 5 nitrogen and oxygen atoms in total. The van der Waals surface area contributed by atoms with Crippen LogP contribution in [-0.2, 0) is 4.79 Å². The maximum Gasteiger partial charge on any atom is 0.224 e. The van der Waals surface area contributed by atoms with Gasteiger partial charge in [-0.15, -0.1) is 0 Å². The molecule has 1 aromatic carbocycles. The van der Waals surface area contributed by atoms with Crippen LogP contribution >= 0.6 is 0 Å². The predicted octanol–water partition coefficient (Wildman–Crippen LogP) is 2.86. The Morgan fingerprint density at radius 2 is 2.14 bits per heavy atom. The summed E-state index contributed by atoms with van der Waals surface area (Å²) in [7, 11) is 1.84. The quantitative estimate of drug-likeness (QED) is 0.825. The van der Waals surface area contributed by atoms with Crippen molar-refractivity contribution in [2.75, 3.05) is 20.2 Å². The number of carbonyl (C=O) groups is 1. The van der Waals surface area contributed by atoms with Gasteiger partial charge in [-0.1, -0.05) is 19.1 Å². The molecule has 2 rings (SSSR count). The van der Waals surface area contributed by atoms with Crippen molar-refractivity contribution in [2.24, 2.45) is 5.92 Å². The van der Waals surface area contributed by atoms with Crippen molar-refractivity contribution in [1.82, 2.24) is 10.6 Å². The van der Waals surface area contributed by atoms with Crippen LogP contribution in [0.1, 0.15) is 32.6 Å². The van der Waals surface area contributed by atoms with Gasteiger partial charge >= 0.3 is 0 Å². The van der Waals surface area contributed by atoms with Crippen LogP contribution < -0.4 is 15.4 Å². The van der Waals surface area contributed by atoms with Crippen LogP contribution in [0.3, 0.4) is 0 Å². The Kier molecular flexibility index (Phi) is 5.44. The monoisotopic (exact) mass is 304 g/mol. The van der Waals surface area contributed by atoms with Gasteiger partial charge in [-0.25, -0.2) is 0 Å². The highest BCUT2D eigenvalue weighted by atomic mass is 16.5. The fraction of sp³-hybridized carbons (Fsp3) is 0.471. The van der Waals surface area contributed by atoms with Gasteiger partial charge in [0.25, 0.3) is 0 Å². The van der Waals surface area contributed by atoms with Gasteiger partial charge in [-0.05, 0) is 33.0 Å². The number of fused-ring (bicyclic) bond motifs is 1. The molecule has 5 heteroatoms. The highest BCUT2D eigenvalue weighted by Crippen LogP contribution is 2.31. The van der Waals surface area contributed by atoms with Crippen molar-refractivity contribution in [3.05, 3.63) is 30.0 Å². The second-order valence-electron chi connectivity index (χ2n) is 5.45. The number of amides is 1. The molecule has 0 saturated carbocycles. The van der Waals surface area contributed by atoms with Crippen molar-refractivity contribution < 1.29 is 13.9 Å². The number of furan rings is 1. The minimum atomic E-state index is -0.186. The van der Waals surface area contributed by atoms with Gasteiger partial charge in [0.05, 0.1) is 12.6 Å². The SMILES string of the molecule is CCOc1cccc2cc(C(C)NC(=O)C(C)CNC)oc12. The van der Waals surface area contributed by atoms with Crippen molar-refractivity contribution in [3.8, 4) is 5.75 Å². The fourth-order valence-electron chi connectivity index (χ4n) is 2.36. The van der Waals surface area contributed by atoms with Crippen molar-refractivity contribution in [3.63, 3.8) is 0 Å². The Labute approximate surface area is 131 Å². The lowest BCUT2D eigenvalue weighted by atomic mass is 10.1. The molecule has 22 heavy (non-hydrogen) atoms. The summed E-state index contributed by atoms with van der Waals surface area (Å²) in [5.41, 5.74) is 0.726. The van der Waals surface area contributed by atoms with Gasteiger partial charge in [0.1, 0.15) is 5.76 Å². The molecule has 0 saturated heterocycles. The van der Waals surface area contributed by atoms with E-state index in [1.807, 2.05) is 52.1 Å². The molecule has 0 aliphatic heterocycles. The molecular formula is C17H24N2O3. The molecular weight excluding hydrogens is 280 g/mol. The lowest BCUT2D eigenvalue weighted by Gasteiger charge is -2.15. The summed E-state index contributed by atoms with van der Waals surface area (Å²) in [5, 5.41) is 6.96. The van der Waals surface area contributed by atoms with E-state index in [0.29, 0.717) is 13.2 Å². The number of ether oxygens (including phenoxy) is 1. The molecule has 120 valence electrons. The number of hydrogen-bond acceptors (Lipinski definition) is 4. The summed E-state index contributed by atoms with van der Waals surface area (Å²) in [5.74, 6) is 1.38. The van der Waals surface area contributed by atoms with Crippen LogP contribution in [-0.4, -0.2) is 26.1 Å². The molecule has 2 unspecified atom stereocenters. The summed E-state index contributed by atoms with van der Waals surface area (Å²) in [6.45, 7) is 6.98. The average molecular weight is 304 g/mol. The van der Waals surface area contributed by atoms with Gasteiger partial charge in [-0.2, -0.15) is 0 Å². The minimum absolute atomic E-state index is 0.00679. The molecule has 1 heterocycles. The van der Waals surface area contributed by atoms with E-state index in [4.69, 9.17) is 9.15 Å². The Balaban J connectivity index is 2.16. The minimum Gasteiger partial charge on any atom is -0.490 e. The van der Waals surface area contributed by atoms with Crippen LogP contribution in [0.15, 0.2) is 28.7 Å².